The molecule has 2 atom stereocenters. The largest absolute Gasteiger partial charge is 0.298 e. The fourth-order valence-electron chi connectivity index (χ4n) is 4.21. The van der Waals surface area contributed by atoms with Crippen LogP contribution in [0.15, 0.2) is 65.3 Å². The molecule has 4 heteroatoms. The highest BCUT2D eigenvalue weighted by Gasteiger charge is 2.58. The number of Topliss-reactive ketones (excluding diaryl/α,β-unsaturated/α-hetero) is 4. The van der Waals surface area contributed by atoms with Crippen LogP contribution >= 0.6 is 0 Å². The van der Waals surface area contributed by atoms with Crippen molar-refractivity contribution in [3.8, 4) is 0 Å². The number of allylic oxidation sites excluding steroid dienone is 6. The Balaban J connectivity index is 2.61. The van der Waals surface area contributed by atoms with Gasteiger partial charge < -0.3 is 0 Å². The molecule has 0 aliphatic heterocycles. The van der Waals surface area contributed by atoms with Gasteiger partial charge in [0.05, 0.1) is 11.3 Å². The average molecular weight is 449 g/mol. The second-order valence-electron chi connectivity index (χ2n) is 9.82. The summed E-state index contributed by atoms with van der Waals surface area (Å²) in [6.45, 7) is 11.5. The fraction of sp³-hybridized carbons (Fsp3) is 0.448. The van der Waals surface area contributed by atoms with Crippen molar-refractivity contribution < 1.29 is 19.2 Å². The summed E-state index contributed by atoms with van der Waals surface area (Å²) in [5.74, 6) is -4.26. The molecule has 0 bridgehead atoms. The first kappa shape index (κ1) is 26.4. The Morgan fingerprint density at radius 2 is 1.30 bits per heavy atom. The number of carbonyl (C=O) groups is 4. The Kier molecular flexibility index (Phi) is 9.04. The van der Waals surface area contributed by atoms with Gasteiger partial charge in [-0.2, -0.15) is 0 Å². The SMILES string of the molecule is CC(C)=CCC1C(=O)C(C(=O)Cc2ccccc2)C(=O)C(CC=C(C)C)(CC=C(C)C)C1=O. The van der Waals surface area contributed by atoms with Crippen LogP contribution in [0.3, 0.4) is 0 Å². The highest BCUT2D eigenvalue weighted by Crippen LogP contribution is 2.43. The number of carbonyl (C=O) groups excluding carboxylic acids is 4. The standard InChI is InChI=1S/C29H36O4/c1-19(2)12-13-23-26(31)25(24(30)18-22-10-8-7-9-11-22)28(33)29(27(23)32,16-14-20(3)4)17-15-21(5)6/h7-12,14-15,23,25H,13,16-18H2,1-6H3. The van der Waals surface area contributed by atoms with Crippen LogP contribution in [0, 0.1) is 17.3 Å². The van der Waals surface area contributed by atoms with Crippen LogP contribution in [0.5, 0.6) is 0 Å². The van der Waals surface area contributed by atoms with E-state index >= 15 is 0 Å². The molecule has 33 heavy (non-hydrogen) atoms. The summed E-state index contributed by atoms with van der Waals surface area (Å²) >= 11 is 0. The second kappa shape index (κ2) is 11.3. The van der Waals surface area contributed by atoms with Crippen LogP contribution in [-0.4, -0.2) is 23.1 Å². The Bertz CT molecular complexity index is 975. The van der Waals surface area contributed by atoms with Gasteiger partial charge in [0, 0.05) is 6.42 Å². The zero-order valence-corrected chi connectivity index (χ0v) is 20.7. The van der Waals surface area contributed by atoms with Crippen molar-refractivity contribution in [1.29, 1.82) is 0 Å². The molecule has 0 saturated heterocycles. The maximum absolute atomic E-state index is 13.9. The summed E-state index contributed by atoms with van der Waals surface area (Å²) in [7, 11) is 0. The molecule has 0 heterocycles. The summed E-state index contributed by atoms with van der Waals surface area (Å²) in [5, 5.41) is 0. The van der Waals surface area contributed by atoms with Crippen molar-refractivity contribution in [3.05, 3.63) is 70.8 Å². The van der Waals surface area contributed by atoms with E-state index in [1.165, 1.54) is 0 Å². The molecular formula is C29H36O4. The van der Waals surface area contributed by atoms with Gasteiger partial charge in [0.15, 0.2) is 23.1 Å². The van der Waals surface area contributed by atoms with Crippen molar-refractivity contribution in [2.24, 2.45) is 17.3 Å². The highest BCUT2D eigenvalue weighted by molar-refractivity contribution is 6.34. The molecule has 176 valence electrons. The van der Waals surface area contributed by atoms with Crippen LogP contribution in [-0.2, 0) is 25.6 Å². The lowest BCUT2D eigenvalue weighted by Gasteiger charge is -2.39. The predicted octanol–water partition coefficient (Wildman–Crippen LogP) is 5.81. The van der Waals surface area contributed by atoms with Gasteiger partial charge in [0.2, 0.25) is 0 Å². The molecule has 0 aromatic heterocycles. The van der Waals surface area contributed by atoms with Gasteiger partial charge in [-0.05, 0) is 66.4 Å². The van der Waals surface area contributed by atoms with Gasteiger partial charge in [-0.25, -0.2) is 0 Å². The van der Waals surface area contributed by atoms with Crippen molar-refractivity contribution in [2.75, 3.05) is 0 Å². The minimum absolute atomic E-state index is 0.00604. The summed E-state index contributed by atoms with van der Waals surface area (Å²) in [6.07, 6.45) is 6.21. The summed E-state index contributed by atoms with van der Waals surface area (Å²) in [6, 6.07) is 9.11. The molecule has 0 N–H and O–H groups in total. The van der Waals surface area contributed by atoms with Gasteiger partial charge in [-0.1, -0.05) is 65.3 Å². The molecule has 2 unspecified atom stereocenters. The monoisotopic (exact) mass is 448 g/mol. The number of ketones is 4. The Labute approximate surface area is 197 Å². The first-order chi connectivity index (χ1) is 15.5. The zero-order chi connectivity index (χ0) is 24.8. The first-order valence-corrected chi connectivity index (χ1v) is 11.6. The van der Waals surface area contributed by atoms with Crippen LogP contribution in [0.25, 0.3) is 0 Å². The Hall–Kier alpha value is -2.88. The maximum Gasteiger partial charge on any atom is 0.164 e. The highest BCUT2D eigenvalue weighted by atomic mass is 16.2. The zero-order valence-electron chi connectivity index (χ0n) is 20.7. The van der Waals surface area contributed by atoms with E-state index in [4.69, 9.17) is 0 Å². The van der Waals surface area contributed by atoms with Crippen LogP contribution in [0.4, 0.5) is 0 Å². The minimum Gasteiger partial charge on any atom is -0.298 e. The normalized spacial score (nSPS) is 19.6. The van der Waals surface area contributed by atoms with E-state index in [9.17, 15) is 19.2 Å². The predicted molar refractivity (Wildman–Crippen MR) is 132 cm³/mol. The van der Waals surface area contributed by atoms with E-state index in [1.807, 2.05) is 78.0 Å². The second-order valence-corrected chi connectivity index (χ2v) is 9.82. The van der Waals surface area contributed by atoms with Crippen LogP contribution < -0.4 is 0 Å². The van der Waals surface area contributed by atoms with E-state index in [0.29, 0.717) is 0 Å². The van der Waals surface area contributed by atoms with Gasteiger partial charge in [0.1, 0.15) is 5.92 Å². The van der Waals surface area contributed by atoms with E-state index in [-0.39, 0.29) is 31.5 Å². The van der Waals surface area contributed by atoms with Crippen LogP contribution in [0.1, 0.15) is 66.4 Å². The van der Waals surface area contributed by atoms with Gasteiger partial charge in [-0.15, -0.1) is 0 Å². The number of benzene rings is 1. The number of hydrogen-bond acceptors (Lipinski definition) is 4. The van der Waals surface area contributed by atoms with E-state index in [1.54, 1.807) is 12.1 Å². The van der Waals surface area contributed by atoms with Crippen LogP contribution in [0.2, 0.25) is 0 Å². The topological polar surface area (TPSA) is 68.3 Å². The van der Waals surface area contributed by atoms with Crippen molar-refractivity contribution in [1.82, 2.24) is 0 Å². The average Bonchev–Trinajstić information content (AvgIpc) is 2.73. The molecule has 1 fully saturated rings. The first-order valence-electron chi connectivity index (χ1n) is 11.6. The Morgan fingerprint density at radius 1 is 0.788 bits per heavy atom. The molecule has 0 amide bonds. The molecule has 0 spiro atoms. The lowest BCUT2D eigenvalue weighted by Crippen LogP contribution is -2.57. The third-order valence-electron chi connectivity index (χ3n) is 6.17. The van der Waals surface area contributed by atoms with Crippen molar-refractivity contribution >= 4 is 23.1 Å². The molecule has 1 saturated carbocycles. The van der Waals surface area contributed by atoms with Gasteiger partial charge >= 0.3 is 0 Å². The molecule has 2 rings (SSSR count). The molecule has 1 aromatic rings. The quantitative estimate of drug-likeness (QED) is 0.353. The van der Waals surface area contributed by atoms with Crippen molar-refractivity contribution in [3.63, 3.8) is 0 Å². The lowest BCUT2D eigenvalue weighted by molar-refractivity contribution is -0.158. The maximum atomic E-state index is 13.9. The molecule has 0 radical (unpaired) electrons. The molecule has 1 aliphatic carbocycles. The van der Waals surface area contributed by atoms with E-state index in [0.717, 1.165) is 22.3 Å². The Morgan fingerprint density at radius 3 is 1.79 bits per heavy atom. The number of hydrogen-bond donors (Lipinski definition) is 0. The fourth-order valence-corrected chi connectivity index (χ4v) is 4.21. The van der Waals surface area contributed by atoms with Gasteiger partial charge in [-0.3, -0.25) is 19.2 Å². The molecule has 1 aliphatic rings. The third-order valence-corrected chi connectivity index (χ3v) is 6.17. The van der Waals surface area contributed by atoms with E-state index < -0.39 is 34.6 Å². The smallest absolute Gasteiger partial charge is 0.164 e. The van der Waals surface area contributed by atoms with Crippen molar-refractivity contribution in [2.45, 2.75) is 67.2 Å². The summed E-state index contributed by atoms with van der Waals surface area (Å²) in [4.78, 5) is 54.4. The molecular weight excluding hydrogens is 412 g/mol. The summed E-state index contributed by atoms with van der Waals surface area (Å²) in [5.41, 5.74) is 2.30. The minimum atomic E-state index is -1.41. The molecule has 1 aromatic carbocycles. The van der Waals surface area contributed by atoms with Gasteiger partial charge in [0.25, 0.3) is 0 Å². The third kappa shape index (κ3) is 6.34. The molecule has 4 nitrogen and oxygen atoms in total. The number of rotatable bonds is 9. The van der Waals surface area contributed by atoms with E-state index in [2.05, 4.69) is 0 Å². The summed E-state index contributed by atoms with van der Waals surface area (Å²) < 4.78 is 0. The lowest BCUT2D eigenvalue weighted by atomic mass is 9.58.